The fourth-order valence-electron chi connectivity index (χ4n) is 15.5. The molecule has 0 amide bonds. The number of fused-ring (bicyclic) bond motifs is 13. The molecule has 1 atom stereocenters. The second kappa shape index (κ2) is 14.0. The molecule has 0 N–H and O–H groups in total. The molecule has 8 aromatic rings. The van der Waals surface area contributed by atoms with E-state index in [1.165, 1.54) is 115 Å². The van der Waals surface area contributed by atoms with E-state index in [-0.39, 0.29) is 38.4 Å². The summed E-state index contributed by atoms with van der Waals surface area (Å²) in [7, 11) is 0. The molecule has 0 saturated carbocycles. The lowest BCUT2D eigenvalue weighted by molar-refractivity contribution is 0.330. The lowest BCUT2D eigenvalue weighted by Crippen LogP contribution is -2.38. The Kier molecular flexibility index (Phi) is 8.66. The summed E-state index contributed by atoms with van der Waals surface area (Å²) >= 11 is 0. The molecule has 0 radical (unpaired) electrons. The summed E-state index contributed by atoms with van der Waals surface area (Å²) in [6, 6.07) is 47.7. The van der Waals surface area contributed by atoms with Gasteiger partial charge in [-0.2, -0.15) is 0 Å². The molecule has 3 heteroatoms. The second-order valence-corrected chi connectivity index (χ2v) is 26.7. The second-order valence-electron chi connectivity index (χ2n) is 26.7. The number of hydrogen-bond donors (Lipinski definition) is 0. The average Bonchev–Trinajstić information content (AvgIpc) is 3.92. The fraction of sp³-hybridized carbons (Fsp3) is 0.362. The Labute approximate surface area is 428 Å². The minimum atomic E-state index is -0.227. The molecule has 7 aromatic carbocycles. The molecule has 6 aliphatic rings. The van der Waals surface area contributed by atoms with Crippen LogP contribution in [-0.2, 0) is 38.9 Å². The van der Waals surface area contributed by atoms with Gasteiger partial charge in [-0.3, -0.25) is 0 Å². The van der Waals surface area contributed by atoms with E-state index in [1.54, 1.807) is 16.7 Å². The first-order valence-electron chi connectivity index (χ1n) is 27.1. The summed E-state index contributed by atoms with van der Waals surface area (Å²) in [6.45, 7) is 32.1. The predicted octanol–water partition coefficient (Wildman–Crippen LogP) is 18.6. The first-order chi connectivity index (χ1) is 34.1. The zero-order valence-electron chi connectivity index (χ0n) is 45.0. The van der Waals surface area contributed by atoms with Crippen molar-refractivity contribution in [2.24, 2.45) is 0 Å². The highest BCUT2D eigenvalue weighted by Gasteiger charge is 2.51. The number of benzene rings is 7. The first-order valence-corrected chi connectivity index (χ1v) is 27.1. The monoisotopic (exact) mass is 943 g/mol. The van der Waals surface area contributed by atoms with Crippen LogP contribution in [-0.4, -0.2) is 0 Å². The molecule has 0 bridgehead atoms. The molecule has 4 aliphatic carbocycles. The molecule has 362 valence electrons. The number of aryl methyl sites for hydroxylation is 1. The van der Waals surface area contributed by atoms with Crippen molar-refractivity contribution in [3.63, 3.8) is 0 Å². The topological polar surface area (TPSA) is 19.6 Å². The SMILES string of the molecule is Cc1cc2c3c(c1)N(c1cccc4c1oc1ccccc14)c1cc4c(cc1C3C1=C(c3ccc5c(c3C1)C(C)(C)CCC5(C)C)N2c1ccc2c(c1)C(C)(C)CCC2(C)C)C(C)(C)c1ccccc1C4(C)C. The van der Waals surface area contributed by atoms with Crippen LogP contribution in [0.15, 0.2) is 131 Å². The highest BCUT2D eigenvalue weighted by molar-refractivity contribution is 6.12. The van der Waals surface area contributed by atoms with Crippen molar-refractivity contribution in [2.75, 3.05) is 9.80 Å². The van der Waals surface area contributed by atoms with Crippen molar-refractivity contribution in [3.8, 4) is 0 Å². The number of allylic oxidation sites excluding steroid dienone is 1. The number of anilines is 5. The molecule has 1 aromatic heterocycles. The minimum Gasteiger partial charge on any atom is -0.454 e. The summed E-state index contributed by atoms with van der Waals surface area (Å²) in [5.41, 5.74) is 29.7. The summed E-state index contributed by atoms with van der Waals surface area (Å²) in [6.07, 6.45) is 5.68. The summed E-state index contributed by atoms with van der Waals surface area (Å²) in [4.78, 5) is 5.38. The quantitative estimate of drug-likeness (QED) is 0.172. The minimum absolute atomic E-state index is 0.0279. The molecular formula is C69H70N2O. The van der Waals surface area contributed by atoms with Crippen LogP contribution >= 0.6 is 0 Å². The van der Waals surface area contributed by atoms with Crippen LogP contribution in [0.3, 0.4) is 0 Å². The maximum Gasteiger partial charge on any atom is 0.159 e. The van der Waals surface area contributed by atoms with Crippen LogP contribution in [0.5, 0.6) is 0 Å². The zero-order chi connectivity index (χ0) is 50.0. The van der Waals surface area contributed by atoms with E-state index < -0.39 is 0 Å². The van der Waals surface area contributed by atoms with E-state index in [4.69, 9.17) is 4.42 Å². The third-order valence-corrected chi connectivity index (χ3v) is 19.7. The van der Waals surface area contributed by atoms with Gasteiger partial charge >= 0.3 is 0 Å². The largest absolute Gasteiger partial charge is 0.454 e. The van der Waals surface area contributed by atoms with E-state index in [0.29, 0.717) is 0 Å². The van der Waals surface area contributed by atoms with E-state index in [9.17, 15) is 0 Å². The molecule has 72 heavy (non-hydrogen) atoms. The van der Waals surface area contributed by atoms with Gasteiger partial charge < -0.3 is 14.2 Å². The van der Waals surface area contributed by atoms with Crippen molar-refractivity contribution in [1.82, 2.24) is 0 Å². The highest BCUT2D eigenvalue weighted by Crippen LogP contribution is 2.66. The lowest BCUT2D eigenvalue weighted by atomic mass is 9.59. The van der Waals surface area contributed by atoms with Crippen molar-refractivity contribution >= 4 is 56.1 Å². The Balaban J connectivity index is 1.12. The van der Waals surface area contributed by atoms with E-state index in [2.05, 4.69) is 221 Å². The van der Waals surface area contributed by atoms with Gasteiger partial charge in [-0.25, -0.2) is 0 Å². The van der Waals surface area contributed by atoms with Gasteiger partial charge in [0.2, 0.25) is 0 Å². The van der Waals surface area contributed by atoms with Gasteiger partial charge in [-0.1, -0.05) is 162 Å². The van der Waals surface area contributed by atoms with Crippen LogP contribution in [0.25, 0.3) is 27.6 Å². The Morgan fingerprint density at radius 1 is 0.472 bits per heavy atom. The number of rotatable bonds is 2. The molecule has 0 fully saturated rings. The van der Waals surface area contributed by atoms with Crippen LogP contribution in [0.1, 0.15) is 187 Å². The summed E-state index contributed by atoms with van der Waals surface area (Å²) < 4.78 is 7.05. The van der Waals surface area contributed by atoms with Gasteiger partial charge in [0.1, 0.15) is 5.58 Å². The molecule has 14 rings (SSSR count). The molecule has 3 nitrogen and oxygen atoms in total. The first kappa shape index (κ1) is 44.4. The van der Waals surface area contributed by atoms with Gasteiger partial charge in [0.25, 0.3) is 0 Å². The zero-order valence-corrected chi connectivity index (χ0v) is 45.0. The average molecular weight is 943 g/mol. The van der Waals surface area contributed by atoms with Gasteiger partial charge in [0, 0.05) is 44.3 Å². The Morgan fingerprint density at radius 2 is 1.07 bits per heavy atom. The fourth-order valence-corrected chi connectivity index (χ4v) is 15.5. The number of furan rings is 1. The molecule has 1 unspecified atom stereocenters. The Hall–Kier alpha value is -6.32. The molecule has 0 saturated heterocycles. The van der Waals surface area contributed by atoms with Crippen LogP contribution in [0, 0.1) is 6.92 Å². The van der Waals surface area contributed by atoms with E-state index in [1.807, 2.05) is 0 Å². The molecule has 0 spiro atoms. The third kappa shape index (κ3) is 5.69. The van der Waals surface area contributed by atoms with Gasteiger partial charge in [-0.15, -0.1) is 0 Å². The maximum absolute atomic E-state index is 7.05. The van der Waals surface area contributed by atoms with Gasteiger partial charge in [-0.05, 0) is 170 Å². The maximum atomic E-state index is 7.05. The standard InChI is InChI=1S/C69H70N2O/c1-39-33-56-60-57(34-39)71(54-23-18-20-43-41-19-14-17-24-58(41)72-63(43)54)55-38-53-52(68(10,11)48-21-15-16-22-49(48)69(53,12)13)37-45(55)59(60)46-36-44-42(26-28-50-61(44)67(8,9)32-31-65(50,4)5)62(46)70(56)40-25-27-47-51(35-40)66(6,7)30-29-64(47,2)3/h14-28,33-35,37-38,59H,29-32,36H2,1-13H3. The highest BCUT2D eigenvalue weighted by atomic mass is 16.3. The van der Waals surface area contributed by atoms with E-state index >= 15 is 0 Å². The summed E-state index contributed by atoms with van der Waals surface area (Å²) in [5, 5.41) is 2.30. The van der Waals surface area contributed by atoms with Crippen molar-refractivity contribution < 1.29 is 4.42 Å². The van der Waals surface area contributed by atoms with Crippen LogP contribution in [0.2, 0.25) is 0 Å². The Morgan fingerprint density at radius 3 is 1.79 bits per heavy atom. The Bertz CT molecular complexity index is 3770. The number of hydrogen-bond acceptors (Lipinski definition) is 3. The third-order valence-electron chi connectivity index (χ3n) is 19.7. The lowest BCUT2D eigenvalue weighted by Gasteiger charge is -2.49. The van der Waals surface area contributed by atoms with Crippen molar-refractivity contribution in [2.45, 2.75) is 161 Å². The summed E-state index contributed by atoms with van der Waals surface area (Å²) in [5.74, 6) is 0.0279. The van der Waals surface area contributed by atoms with Crippen LogP contribution in [0.4, 0.5) is 28.4 Å². The van der Waals surface area contributed by atoms with Crippen molar-refractivity contribution in [1.29, 1.82) is 0 Å². The van der Waals surface area contributed by atoms with Gasteiger partial charge in [0.15, 0.2) is 5.58 Å². The predicted molar refractivity (Wildman–Crippen MR) is 302 cm³/mol. The number of para-hydroxylation sites is 2. The van der Waals surface area contributed by atoms with Crippen molar-refractivity contribution in [3.05, 3.63) is 199 Å². The molecule has 2 aliphatic heterocycles. The normalized spacial score (nSPS) is 21.5. The molecule has 3 heterocycles. The molecular weight excluding hydrogens is 873 g/mol. The number of nitrogens with zero attached hydrogens (tertiary/aromatic N) is 2. The van der Waals surface area contributed by atoms with E-state index in [0.717, 1.165) is 34.0 Å². The van der Waals surface area contributed by atoms with Crippen LogP contribution < -0.4 is 9.80 Å². The van der Waals surface area contributed by atoms with Gasteiger partial charge in [0.05, 0.1) is 28.4 Å². The smallest absolute Gasteiger partial charge is 0.159 e.